The van der Waals surface area contributed by atoms with Crippen molar-refractivity contribution in [3.05, 3.63) is 138 Å². The Morgan fingerprint density at radius 1 is 0.619 bits per heavy atom. The number of aryl methyl sites for hydroxylation is 4. The van der Waals surface area contributed by atoms with Gasteiger partial charge in [-0.2, -0.15) is 0 Å². The minimum absolute atomic E-state index is 0. The van der Waals surface area contributed by atoms with E-state index in [2.05, 4.69) is 72.3 Å². The Balaban J connectivity index is 0.000000212. The number of fused-ring (bicyclic) bond motifs is 3. The molecule has 1 radical (unpaired) electrons. The third-order valence-electron chi connectivity index (χ3n) is 7.08. The van der Waals surface area contributed by atoms with Crippen molar-refractivity contribution in [2.24, 2.45) is 0 Å². The van der Waals surface area contributed by atoms with Gasteiger partial charge in [-0.25, -0.2) is 4.98 Å². The van der Waals surface area contributed by atoms with Gasteiger partial charge in [0.2, 0.25) is 5.71 Å². The molecular formula is C37H29IrN3O-2. The summed E-state index contributed by atoms with van der Waals surface area (Å²) in [5, 5.41) is 2.04. The van der Waals surface area contributed by atoms with Crippen LogP contribution in [0.1, 0.15) is 22.4 Å². The van der Waals surface area contributed by atoms with Crippen LogP contribution in [0.4, 0.5) is 0 Å². The van der Waals surface area contributed by atoms with Crippen LogP contribution in [-0.2, 0) is 20.1 Å². The minimum atomic E-state index is 0. The molecule has 0 N–H and O–H groups in total. The van der Waals surface area contributed by atoms with Crippen molar-refractivity contribution in [3.63, 3.8) is 0 Å². The Kier molecular flexibility index (Phi) is 8.72. The number of hydrogen-bond acceptors (Lipinski definition) is 4. The molecule has 0 saturated carbocycles. The van der Waals surface area contributed by atoms with E-state index >= 15 is 0 Å². The topological polar surface area (TPSA) is 51.8 Å². The third kappa shape index (κ3) is 5.94. The minimum Gasteiger partial charge on any atom is -0.486 e. The van der Waals surface area contributed by atoms with E-state index in [1.54, 1.807) is 0 Å². The van der Waals surface area contributed by atoms with Gasteiger partial charge in [-0.15, -0.1) is 54.1 Å². The number of benzene rings is 3. The van der Waals surface area contributed by atoms with Crippen LogP contribution in [0.15, 0.2) is 108 Å². The largest absolute Gasteiger partial charge is 0.486 e. The van der Waals surface area contributed by atoms with E-state index < -0.39 is 0 Å². The summed E-state index contributed by atoms with van der Waals surface area (Å²) in [4.78, 5) is 13.8. The van der Waals surface area contributed by atoms with Crippen molar-refractivity contribution in [1.82, 2.24) is 15.0 Å². The average Bonchev–Trinajstić information content (AvgIpc) is 3.36. The first-order valence-electron chi connectivity index (χ1n) is 13.6. The van der Waals surface area contributed by atoms with Crippen LogP contribution in [0.25, 0.3) is 55.8 Å². The van der Waals surface area contributed by atoms with Crippen LogP contribution in [0.3, 0.4) is 0 Å². The first kappa shape index (κ1) is 29.1. The van der Waals surface area contributed by atoms with E-state index in [4.69, 9.17) is 9.40 Å². The average molecular weight is 724 g/mol. The van der Waals surface area contributed by atoms with Crippen molar-refractivity contribution in [2.75, 3.05) is 0 Å². The van der Waals surface area contributed by atoms with E-state index in [-0.39, 0.29) is 20.1 Å². The fourth-order valence-corrected chi connectivity index (χ4v) is 5.03. The molecule has 0 saturated heterocycles. The standard InChI is InChI=1S/C25H19N2O.C12H10N.Ir/c1-15-7-4-8-16(2)23(15)22-14-13-19-18-10-6-11-20(24(18)28-25(19)27-22)21-12-5-9-17(3)26-21;1-10-7-8-12(13-9-10)11-5-3-2-4-6-11;/h4-10,12-14H,1-3H3;2-5,7-9H,1H3;/q2*-1;. The van der Waals surface area contributed by atoms with E-state index in [0.717, 1.165) is 55.8 Å². The molecule has 0 aliphatic carbocycles. The summed E-state index contributed by atoms with van der Waals surface area (Å²) in [6.45, 7) is 8.25. The monoisotopic (exact) mass is 724 g/mol. The number of furan rings is 1. The molecule has 0 unspecified atom stereocenters. The number of nitrogens with zero attached hydrogens (tertiary/aromatic N) is 3. The van der Waals surface area contributed by atoms with Crippen molar-refractivity contribution >= 4 is 22.1 Å². The second-order valence-corrected chi connectivity index (χ2v) is 10.2. The van der Waals surface area contributed by atoms with Crippen LogP contribution in [0.2, 0.25) is 0 Å². The Hall–Kier alpha value is -4.44. The molecule has 7 rings (SSSR count). The molecule has 42 heavy (non-hydrogen) atoms. The van der Waals surface area contributed by atoms with Crippen LogP contribution in [0.5, 0.6) is 0 Å². The van der Waals surface area contributed by atoms with Crippen molar-refractivity contribution in [1.29, 1.82) is 0 Å². The van der Waals surface area contributed by atoms with Gasteiger partial charge in [0.1, 0.15) is 0 Å². The van der Waals surface area contributed by atoms with E-state index in [1.807, 2.05) is 80.7 Å². The summed E-state index contributed by atoms with van der Waals surface area (Å²) in [6, 6.07) is 38.8. The van der Waals surface area contributed by atoms with Gasteiger partial charge in [-0.3, -0.25) is 0 Å². The molecule has 0 spiro atoms. The summed E-state index contributed by atoms with van der Waals surface area (Å²) < 4.78 is 6.24. The zero-order valence-electron chi connectivity index (χ0n) is 23.9. The van der Waals surface area contributed by atoms with E-state index in [1.165, 1.54) is 16.7 Å². The summed E-state index contributed by atoms with van der Waals surface area (Å²) in [5.74, 6) is 0. The molecule has 0 fully saturated rings. The van der Waals surface area contributed by atoms with Crippen LogP contribution in [-0.4, -0.2) is 15.0 Å². The second kappa shape index (κ2) is 12.6. The predicted molar refractivity (Wildman–Crippen MR) is 166 cm³/mol. The molecule has 4 aromatic heterocycles. The molecule has 0 amide bonds. The third-order valence-corrected chi connectivity index (χ3v) is 7.08. The van der Waals surface area contributed by atoms with Gasteiger partial charge >= 0.3 is 0 Å². The molecule has 5 heteroatoms. The molecular weight excluding hydrogens is 695 g/mol. The van der Waals surface area contributed by atoms with Gasteiger partial charge in [0.05, 0.1) is 11.3 Å². The zero-order valence-corrected chi connectivity index (χ0v) is 26.3. The fourth-order valence-electron chi connectivity index (χ4n) is 5.03. The Morgan fingerprint density at radius 3 is 2.12 bits per heavy atom. The van der Waals surface area contributed by atoms with Crippen molar-refractivity contribution in [3.8, 4) is 33.8 Å². The van der Waals surface area contributed by atoms with E-state index in [0.29, 0.717) is 5.71 Å². The Labute approximate surface area is 259 Å². The zero-order chi connectivity index (χ0) is 28.3. The smallest absolute Gasteiger partial charge is 0.216 e. The van der Waals surface area contributed by atoms with Crippen LogP contribution >= 0.6 is 0 Å². The predicted octanol–water partition coefficient (Wildman–Crippen LogP) is 9.29. The normalized spacial score (nSPS) is 10.7. The van der Waals surface area contributed by atoms with E-state index in [9.17, 15) is 0 Å². The number of pyridine rings is 3. The molecule has 209 valence electrons. The van der Waals surface area contributed by atoms with Gasteiger partial charge in [0.25, 0.3) is 0 Å². The molecule has 3 aromatic carbocycles. The van der Waals surface area contributed by atoms with Crippen LogP contribution in [0, 0.1) is 39.8 Å². The van der Waals surface area contributed by atoms with Gasteiger partial charge in [-0.1, -0.05) is 53.4 Å². The number of aromatic nitrogens is 3. The quantitative estimate of drug-likeness (QED) is 0.171. The summed E-state index contributed by atoms with van der Waals surface area (Å²) in [6.07, 6.45) is 1.87. The fraction of sp³-hybridized carbons (Fsp3) is 0.108. The molecule has 0 atom stereocenters. The maximum atomic E-state index is 6.24. The number of rotatable bonds is 3. The van der Waals surface area contributed by atoms with Gasteiger partial charge in [0, 0.05) is 42.9 Å². The molecule has 4 nitrogen and oxygen atoms in total. The van der Waals surface area contributed by atoms with Crippen LogP contribution < -0.4 is 0 Å². The second-order valence-electron chi connectivity index (χ2n) is 10.2. The Bertz CT molecular complexity index is 1960. The van der Waals surface area contributed by atoms with Crippen molar-refractivity contribution in [2.45, 2.75) is 27.7 Å². The van der Waals surface area contributed by atoms with Crippen molar-refractivity contribution < 1.29 is 24.5 Å². The maximum Gasteiger partial charge on any atom is 0.216 e. The molecule has 0 bridgehead atoms. The summed E-state index contributed by atoms with van der Waals surface area (Å²) >= 11 is 0. The maximum absolute atomic E-state index is 6.24. The van der Waals surface area contributed by atoms with Gasteiger partial charge < -0.3 is 14.4 Å². The molecule has 4 heterocycles. The molecule has 0 aliphatic rings. The first-order chi connectivity index (χ1) is 20.0. The van der Waals surface area contributed by atoms with Gasteiger partial charge in [-0.05, 0) is 74.0 Å². The molecule has 7 aromatic rings. The summed E-state index contributed by atoms with van der Waals surface area (Å²) in [7, 11) is 0. The Morgan fingerprint density at radius 2 is 1.40 bits per heavy atom. The summed E-state index contributed by atoms with van der Waals surface area (Å²) in [5.41, 5.74) is 11.8. The number of hydrogen-bond donors (Lipinski definition) is 0. The van der Waals surface area contributed by atoms with Gasteiger partial charge in [0.15, 0.2) is 0 Å². The SMILES string of the molecule is Cc1ccc(-c2[c-]cccc2)nc1.Cc1cccc(-c2[c-]ccc3c2oc2nc(-c4c(C)cccc4C)ccc23)n1.[Ir]. The molecule has 0 aliphatic heterocycles. The first-order valence-corrected chi connectivity index (χ1v) is 13.6.